The second-order valence-corrected chi connectivity index (χ2v) is 9.05. The second kappa shape index (κ2) is 9.49. The highest BCUT2D eigenvalue weighted by molar-refractivity contribution is 7.89. The van der Waals surface area contributed by atoms with Crippen LogP contribution in [0.1, 0.15) is 48.1 Å². The van der Waals surface area contributed by atoms with Crippen LogP contribution in [0.4, 0.5) is 0 Å². The first-order valence-electron chi connectivity index (χ1n) is 9.99. The molecule has 1 aliphatic heterocycles. The van der Waals surface area contributed by atoms with E-state index in [1.54, 1.807) is 31.1 Å². The fourth-order valence-corrected chi connectivity index (χ4v) is 4.81. The Morgan fingerprint density at radius 2 is 1.67 bits per heavy atom. The van der Waals surface area contributed by atoms with Crippen molar-refractivity contribution in [1.82, 2.24) is 9.62 Å². The van der Waals surface area contributed by atoms with Gasteiger partial charge in [0.15, 0.2) is 0 Å². The number of rotatable bonds is 7. The summed E-state index contributed by atoms with van der Waals surface area (Å²) >= 11 is 0. The number of hydrogen-bond acceptors (Lipinski definition) is 5. The number of carbonyl (C=O) groups is 1. The lowest BCUT2D eigenvalue weighted by Crippen LogP contribution is -2.36. The molecule has 1 N–H and O–H groups in total. The molecule has 0 radical (unpaired) electrons. The molecule has 3 rings (SSSR count). The summed E-state index contributed by atoms with van der Waals surface area (Å²) in [7, 11) is -0.793. The van der Waals surface area contributed by atoms with Gasteiger partial charge in [0, 0.05) is 19.1 Å². The molecular formula is C22H28N2O5S. The molecule has 2 aromatic rings. The molecule has 0 spiro atoms. The molecule has 0 saturated carbocycles. The molecule has 0 aliphatic carbocycles. The van der Waals surface area contributed by atoms with Crippen molar-refractivity contribution < 1.29 is 22.7 Å². The minimum Gasteiger partial charge on any atom is -0.497 e. The SMILES string of the molecule is COc1ccc([C@@H](C)NS(=O)(=O)c2ccc(OC)c(C(=O)N3CCCCC3)c2)cc1. The van der Waals surface area contributed by atoms with Gasteiger partial charge >= 0.3 is 0 Å². The molecule has 162 valence electrons. The molecule has 1 amide bonds. The first-order chi connectivity index (χ1) is 14.4. The molecule has 0 bridgehead atoms. The van der Waals surface area contributed by atoms with E-state index >= 15 is 0 Å². The zero-order valence-corrected chi connectivity index (χ0v) is 18.4. The first kappa shape index (κ1) is 22.1. The number of hydrogen-bond donors (Lipinski definition) is 1. The van der Waals surface area contributed by atoms with Crippen LogP contribution in [0, 0.1) is 0 Å². The highest BCUT2D eigenvalue weighted by atomic mass is 32.2. The number of piperidine rings is 1. The smallest absolute Gasteiger partial charge is 0.257 e. The molecule has 7 nitrogen and oxygen atoms in total. The minimum absolute atomic E-state index is 0.0315. The van der Waals surface area contributed by atoms with Crippen LogP contribution in [0.5, 0.6) is 11.5 Å². The van der Waals surface area contributed by atoms with Gasteiger partial charge < -0.3 is 14.4 Å². The molecule has 1 atom stereocenters. The van der Waals surface area contributed by atoms with Crippen molar-refractivity contribution in [2.24, 2.45) is 0 Å². The molecule has 0 aromatic heterocycles. The third-order valence-electron chi connectivity index (χ3n) is 5.30. The summed E-state index contributed by atoms with van der Waals surface area (Å²) in [5, 5.41) is 0. The number of nitrogens with zero attached hydrogens (tertiary/aromatic N) is 1. The van der Waals surface area contributed by atoms with E-state index in [0.717, 1.165) is 24.8 Å². The predicted molar refractivity (Wildman–Crippen MR) is 114 cm³/mol. The standard InChI is InChI=1S/C22H28N2O5S/c1-16(17-7-9-18(28-2)10-8-17)23-30(26,27)19-11-12-21(29-3)20(15-19)22(25)24-13-5-4-6-14-24/h7-12,15-16,23H,4-6,13-14H2,1-3H3/t16-/m1/s1. The Morgan fingerprint density at radius 3 is 2.27 bits per heavy atom. The van der Waals surface area contributed by atoms with Crippen molar-refractivity contribution in [3.8, 4) is 11.5 Å². The molecule has 1 saturated heterocycles. The quantitative estimate of drug-likeness (QED) is 0.725. The average Bonchev–Trinajstić information content (AvgIpc) is 2.78. The van der Waals surface area contributed by atoms with E-state index in [4.69, 9.17) is 9.47 Å². The minimum atomic E-state index is -3.84. The summed E-state index contributed by atoms with van der Waals surface area (Å²) < 4.78 is 39.1. The topological polar surface area (TPSA) is 84.9 Å². The number of carbonyl (C=O) groups excluding carboxylic acids is 1. The van der Waals surface area contributed by atoms with E-state index in [0.29, 0.717) is 24.6 Å². The third-order valence-corrected chi connectivity index (χ3v) is 6.84. The van der Waals surface area contributed by atoms with Gasteiger partial charge in [-0.2, -0.15) is 0 Å². The van der Waals surface area contributed by atoms with Gasteiger partial charge in [-0.3, -0.25) is 4.79 Å². The number of methoxy groups -OCH3 is 2. The second-order valence-electron chi connectivity index (χ2n) is 7.33. The lowest BCUT2D eigenvalue weighted by Gasteiger charge is -2.27. The Kier molecular flexibility index (Phi) is 6.99. The third kappa shape index (κ3) is 4.94. The highest BCUT2D eigenvalue weighted by Crippen LogP contribution is 2.26. The number of amides is 1. The van der Waals surface area contributed by atoms with Crippen LogP contribution >= 0.6 is 0 Å². The summed E-state index contributed by atoms with van der Waals surface area (Å²) in [4.78, 5) is 14.8. The molecule has 8 heteroatoms. The van der Waals surface area contributed by atoms with Crippen molar-refractivity contribution >= 4 is 15.9 Å². The molecule has 1 aliphatic rings. The van der Waals surface area contributed by atoms with Gasteiger partial charge in [-0.25, -0.2) is 13.1 Å². The van der Waals surface area contributed by atoms with Crippen molar-refractivity contribution in [3.05, 3.63) is 53.6 Å². The van der Waals surface area contributed by atoms with Gasteiger partial charge in [0.2, 0.25) is 10.0 Å². The molecule has 1 heterocycles. The van der Waals surface area contributed by atoms with Crippen LogP contribution in [0.15, 0.2) is 47.4 Å². The lowest BCUT2D eigenvalue weighted by atomic mass is 10.1. The van der Waals surface area contributed by atoms with E-state index in [9.17, 15) is 13.2 Å². The normalized spacial score (nSPS) is 15.5. The Labute approximate surface area is 178 Å². The van der Waals surface area contributed by atoms with Crippen LogP contribution < -0.4 is 14.2 Å². The van der Waals surface area contributed by atoms with Crippen molar-refractivity contribution in [2.75, 3.05) is 27.3 Å². The van der Waals surface area contributed by atoms with E-state index in [1.807, 2.05) is 12.1 Å². The van der Waals surface area contributed by atoms with Crippen LogP contribution in [0.3, 0.4) is 0 Å². The molecule has 0 unspecified atom stereocenters. The molecular weight excluding hydrogens is 404 g/mol. The maximum atomic E-state index is 13.0. The van der Waals surface area contributed by atoms with E-state index in [1.165, 1.54) is 25.3 Å². The Balaban J connectivity index is 1.84. The Hall–Kier alpha value is -2.58. The summed E-state index contributed by atoms with van der Waals surface area (Å²) in [5.41, 5.74) is 1.07. The van der Waals surface area contributed by atoms with Gasteiger partial charge in [0.1, 0.15) is 11.5 Å². The zero-order valence-electron chi connectivity index (χ0n) is 17.6. The van der Waals surface area contributed by atoms with Crippen LogP contribution in [0.2, 0.25) is 0 Å². The van der Waals surface area contributed by atoms with Crippen molar-refractivity contribution in [2.45, 2.75) is 37.1 Å². The number of ether oxygens (including phenoxy) is 2. The summed E-state index contributed by atoms with van der Waals surface area (Å²) in [5.74, 6) is 0.865. The maximum Gasteiger partial charge on any atom is 0.257 e. The number of benzene rings is 2. The first-order valence-corrected chi connectivity index (χ1v) is 11.5. The molecule has 2 aromatic carbocycles. The fraction of sp³-hybridized carbons (Fsp3) is 0.409. The number of likely N-dealkylation sites (tertiary alicyclic amines) is 1. The fourth-order valence-electron chi connectivity index (χ4n) is 3.55. The van der Waals surface area contributed by atoms with Crippen LogP contribution in [-0.4, -0.2) is 46.5 Å². The number of nitrogens with one attached hydrogen (secondary N) is 1. The van der Waals surface area contributed by atoms with Gasteiger partial charge in [-0.1, -0.05) is 12.1 Å². The Bertz CT molecular complexity index is 983. The summed E-state index contributed by atoms with van der Waals surface area (Å²) in [6, 6.07) is 11.1. The monoisotopic (exact) mass is 432 g/mol. The van der Waals surface area contributed by atoms with Crippen molar-refractivity contribution in [3.63, 3.8) is 0 Å². The Morgan fingerprint density at radius 1 is 1.00 bits per heavy atom. The van der Waals surface area contributed by atoms with E-state index in [2.05, 4.69) is 4.72 Å². The lowest BCUT2D eigenvalue weighted by molar-refractivity contribution is 0.0720. The van der Waals surface area contributed by atoms with Crippen molar-refractivity contribution in [1.29, 1.82) is 0 Å². The predicted octanol–water partition coefficient (Wildman–Crippen LogP) is 3.37. The molecule has 1 fully saturated rings. The highest BCUT2D eigenvalue weighted by Gasteiger charge is 2.25. The largest absolute Gasteiger partial charge is 0.497 e. The number of sulfonamides is 1. The molecule has 30 heavy (non-hydrogen) atoms. The van der Waals surface area contributed by atoms with E-state index in [-0.39, 0.29) is 16.4 Å². The van der Waals surface area contributed by atoms with Crippen LogP contribution in [0.25, 0.3) is 0 Å². The summed E-state index contributed by atoms with van der Waals surface area (Å²) in [6.07, 6.45) is 3.00. The average molecular weight is 433 g/mol. The van der Waals surface area contributed by atoms with Gasteiger partial charge in [-0.15, -0.1) is 0 Å². The van der Waals surface area contributed by atoms with Gasteiger partial charge in [0.25, 0.3) is 5.91 Å². The summed E-state index contributed by atoms with van der Waals surface area (Å²) in [6.45, 7) is 3.11. The van der Waals surface area contributed by atoms with Gasteiger partial charge in [-0.05, 0) is 62.1 Å². The van der Waals surface area contributed by atoms with E-state index < -0.39 is 16.1 Å². The van der Waals surface area contributed by atoms with Crippen LogP contribution in [-0.2, 0) is 10.0 Å². The van der Waals surface area contributed by atoms with Gasteiger partial charge in [0.05, 0.1) is 24.7 Å². The maximum absolute atomic E-state index is 13.0. The zero-order chi connectivity index (χ0) is 21.7.